The highest BCUT2D eigenvalue weighted by atomic mass is 16.2. The van der Waals surface area contributed by atoms with E-state index in [4.69, 9.17) is 0 Å². The second kappa shape index (κ2) is 2.15. The van der Waals surface area contributed by atoms with Gasteiger partial charge in [0.15, 0.2) is 0 Å². The minimum absolute atomic E-state index is 0.104. The van der Waals surface area contributed by atoms with E-state index in [0.29, 0.717) is 0 Å². The van der Waals surface area contributed by atoms with Crippen LogP contribution in [0.15, 0.2) is 4.99 Å². The molecule has 1 aliphatic carbocycles. The summed E-state index contributed by atoms with van der Waals surface area (Å²) in [4.78, 5) is 25.5. The minimum Gasteiger partial charge on any atom is -0.276 e. The van der Waals surface area contributed by atoms with E-state index in [2.05, 4.69) is 10.3 Å². The molecule has 0 bridgehead atoms. The number of rotatable bonds is 0. The fourth-order valence-corrected chi connectivity index (χ4v) is 1.60. The zero-order chi connectivity index (χ0) is 7.84. The average molecular weight is 152 g/mol. The Morgan fingerprint density at radius 1 is 1.45 bits per heavy atom. The molecule has 1 fully saturated rings. The fourth-order valence-electron chi connectivity index (χ4n) is 1.60. The first-order valence-electron chi connectivity index (χ1n) is 3.69. The van der Waals surface area contributed by atoms with E-state index in [1.165, 1.54) is 0 Å². The van der Waals surface area contributed by atoms with E-state index in [1.807, 2.05) is 0 Å². The van der Waals surface area contributed by atoms with E-state index >= 15 is 0 Å². The summed E-state index contributed by atoms with van der Waals surface area (Å²) in [5.41, 5.74) is 0.777. The fraction of sp³-hybridized carbons (Fsp3) is 0.571. The molecule has 11 heavy (non-hydrogen) atoms. The molecule has 1 aliphatic heterocycles. The summed E-state index contributed by atoms with van der Waals surface area (Å²) in [6.07, 6.45) is 2.63. The highest BCUT2D eigenvalue weighted by Crippen LogP contribution is 2.24. The molecule has 2 rings (SSSR count). The summed E-state index contributed by atoms with van der Waals surface area (Å²) < 4.78 is 0. The van der Waals surface area contributed by atoms with Gasteiger partial charge in [0.2, 0.25) is 5.91 Å². The molecule has 0 aromatic heterocycles. The van der Waals surface area contributed by atoms with Crippen LogP contribution in [-0.2, 0) is 4.79 Å². The molecule has 2 aliphatic rings. The quantitative estimate of drug-likeness (QED) is 0.548. The molecular formula is C7H8N2O2. The molecule has 0 saturated heterocycles. The van der Waals surface area contributed by atoms with Gasteiger partial charge in [0, 0.05) is 5.71 Å². The number of carbonyl (C=O) groups is 2. The molecular weight excluding hydrogens is 144 g/mol. The Balaban J connectivity index is 2.34. The lowest BCUT2D eigenvalue weighted by Gasteiger charge is -2.13. The van der Waals surface area contributed by atoms with E-state index in [9.17, 15) is 9.59 Å². The number of hydrogen-bond acceptors (Lipinski definition) is 2. The molecule has 0 spiro atoms. The molecule has 1 atom stereocenters. The molecule has 0 aromatic rings. The van der Waals surface area contributed by atoms with Gasteiger partial charge in [0.1, 0.15) is 0 Å². The Morgan fingerprint density at radius 2 is 2.27 bits per heavy atom. The summed E-state index contributed by atoms with van der Waals surface area (Å²) in [5.74, 6) is -0.273. The molecule has 1 saturated carbocycles. The van der Waals surface area contributed by atoms with Crippen LogP contribution in [0.25, 0.3) is 0 Å². The lowest BCUT2D eigenvalue weighted by atomic mass is 10.1. The molecule has 0 radical (unpaired) electrons. The van der Waals surface area contributed by atoms with Crippen LogP contribution in [0, 0.1) is 5.92 Å². The molecule has 3 amide bonds. The Bertz CT molecular complexity index is 257. The first-order valence-corrected chi connectivity index (χ1v) is 3.69. The van der Waals surface area contributed by atoms with Crippen molar-refractivity contribution in [3.63, 3.8) is 0 Å². The molecule has 4 nitrogen and oxygen atoms in total. The maximum Gasteiger partial charge on any atom is 0.347 e. The number of amides is 3. The Labute approximate surface area is 63.7 Å². The third-order valence-electron chi connectivity index (χ3n) is 2.12. The Morgan fingerprint density at radius 3 is 3.09 bits per heavy atom. The van der Waals surface area contributed by atoms with E-state index in [0.717, 1.165) is 25.0 Å². The predicted molar refractivity (Wildman–Crippen MR) is 38.3 cm³/mol. The Kier molecular flexibility index (Phi) is 1.27. The van der Waals surface area contributed by atoms with Crippen molar-refractivity contribution in [2.45, 2.75) is 19.3 Å². The average Bonchev–Trinajstić information content (AvgIpc) is 2.34. The first kappa shape index (κ1) is 6.52. The maximum absolute atomic E-state index is 11.1. The van der Waals surface area contributed by atoms with Gasteiger partial charge in [-0.3, -0.25) is 10.1 Å². The van der Waals surface area contributed by atoms with Gasteiger partial charge in [-0.05, 0) is 19.3 Å². The number of imide groups is 1. The molecule has 58 valence electrons. The number of nitrogens with zero attached hydrogens (tertiary/aromatic N) is 1. The molecule has 0 aromatic carbocycles. The van der Waals surface area contributed by atoms with Crippen LogP contribution in [0.5, 0.6) is 0 Å². The van der Waals surface area contributed by atoms with Crippen molar-refractivity contribution in [3.05, 3.63) is 0 Å². The van der Waals surface area contributed by atoms with Gasteiger partial charge in [-0.25, -0.2) is 9.79 Å². The van der Waals surface area contributed by atoms with Crippen molar-refractivity contribution < 1.29 is 9.59 Å². The lowest BCUT2D eigenvalue weighted by Crippen LogP contribution is -2.40. The van der Waals surface area contributed by atoms with Crippen LogP contribution >= 0.6 is 0 Å². The van der Waals surface area contributed by atoms with Crippen LogP contribution in [0.1, 0.15) is 19.3 Å². The normalized spacial score (nSPS) is 29.5. The van der Waals surface area contributed by atoms with Crippen LogP contribution < -0.4 is 5.32 Å². The highest BCUT2D eigenvalue weighted by Gasteiger charge is 2.33. The number of hydrogen-bond donors (Lipinski definition) is 1. The zero-order valence-corrected chi connectivity index (χ0v) is 5.96. The summed E-state index contributed by atoms with van der Waals surface area (Å²) >= 11 is 0. The summed E-state index contributed by atoms with van der Waals surface area (Å²) in [6.45, 7) is 0. The molecule has 1 unspecified atom stereocenters. The number of carbonyl (C=O) groups excluding carboxylic acids is 2. The highest BCUT2D eigenvalue weighted by molar-refractivity contribution is 6.17. The van der Waals surface area contributed by atoms with Gasteiger partial charge in [0.25, 0.3) is 0 Å². The van der Waals surface area contributed by atoms with Gasteiger partial charge >= 0.3 is 6.03 Å². The van der Waals surface area contributed by atoms with Gasteiger partial charge in [-0.15, -0.1) is 0 Å². The van der Waals surface area contributed by atoms with Crippen molar-refractivity contribution in [1.82, 2.24) is 5.32 Å². The van der Waals surface area contributed by atoms with E-state index < -0.39 is 6.03 Å². The van der Waals surface area contributed by atoms with Crippen LogP contribution in [0.3, 0.4) is 0 Å². The summed E-state index contributed by atoms with van der Waals surface area (Å²) in [6, 6.07) is -0.497. The third-order valence-corrected chi connectivity index (χ3v) is 2.12. The molecule has 4 heteroatoms. The monoisotopic (exact) mass is 152 g/mol. The lowest BCUT2D eigenvalue weighted by molar-refractivity contribution is -0.122. The van der Waals surface area contributed by atoms with Crippen LogP contribution in [-0.4, -0.2) is 17.6 Å². The third kappa shape index (κ3) is 0.943. The SMILES string of the molecule is O=C1N=C2CCCC2C(=O)N1. The largest absolute Gasteiger partial charge is 0.347 e. The number of aliphatic imine (C=N–C) groups is 1. The molecule has 1 N–H and O–H groups in total. The first-order chi connectivity index (χ1) is 5.27. The standard InChI is InChI=1S/C7H8N2O2/c10-6-4-2-1-3-5(4)8-7(11)9-6/h4H,1-3H2,(H,9,10,11). The number of fused-ring (bicyclic) bond motifs is 1. The van der Waals surface area contributed by atoms with Gasteiger partial charge in [0.05, 0.1) is 5.92 Å². The van der Waals surface area contributed by atoms with Crippen molar-refractivity contribution in [2.24, 2.45) is 10.9 Å². The van der Waals surface area contributed by atoms with Crippen molar-refractivity contribution in [3.8, 4) is 0 Å². The number of nitrogens with one attached hydrogen (secondary N) is 1. The Hall–Kier alpha value is -1.19. The van der Waals surface area contributed by atoms with E-state index in [-0.39, 0.29) is 11.8 Å². The van der Waals surface area contributed by atoms with Crippen molar-refractivity contribution in [2.75, 3.05) is 0 Å². The molecule has 1 heterocycles. The second-order valence-corrected chi connectivity index (χ2v) is 2.84. The van der Waals surface area contributed by atoms with Crippen molar-refractivity contribution >= 4 is 17.6 Å². The summed E-state index contributed by atoms with van der Waals surface area (Å²) in [7, 11) is 0. The van der Waals surface area contributed by atoms with Gasteiger partial charge in [-0.1, -0.05) is 0 Å². The predicted octanol–water partition coefficient (Wildman–Crippen LogP) is 0.477. The second-order valence-electron chi connectivity index (χ2n) is 2.84. The van der Waals surface area contributed by atoms with Crippen LogP contribution in [0.4, 0.5) is 4.79 Å². The van der Waals surface area contributed by atoms with Gasteiger partial charge < -0.3 is 0 Å². The maximum atomic E-state index is 11.1. The topological polar surface area (TPSA) is 58.5 Å². The van der Waals surface area contributed by atoms with Gasteiger partial charge in [-0.2, -0.15) is 0 Å². The minimum atomic E-state index is -0.497. The smallest absolute Gasteiger partial charge is 0.276 e. The van der Waals surface area contributed by atoms with E-state index in [1.54, 1.807) is 0 Å². The van der Waals surface area contributed by atoms with Crippen molar-refractivity contribution in [1.29, 1.82) is 0 Å². The number of urea groups is 1. The zero-order valence-electron chi connectivity index (χ0n) is 5.96. The summed E-state index contributed by atoms with van der Waals surface area (Å²) in [5, 5.41) is 2.19. The van der Waals surface area contributed by atoms with Crippen LogP contribution in [0.2, 0.25) is 0 Å².